The Labute approximate surface area is 121 Å². The molecule has 0 aliphatic carbocycles. The van der Waals surface area contributed by atoms with Gasteiger partial charge in [-0.25, -0.2) is 0 Å². The topological polar surface area (TPSA) is 37.4 Å². The van der Waals surface area contributed by atoms with Crippen LogP contribution in [0.25, 0.3) is 0 Å². The molecule has 0 N–H and O–H groups in total. The van der Waals surface area contributed by atoms with Crippen molar-refractivity contribution in [2.75, 3.05) is 0 Å². The van der Waals surface area contributed by atoms with E-state index >= 15 is 0 Å². The van der Waals surface area contributed by atoms with Crippen molar-refractivity contribution in [1.82, 2.24) is 4.90 Å². The summed E-state index contributed by atoms with van der Waals surface area (Å²) in [6.45, 7) is 0.515. The summed E-state index contributed by atoms with van der Waals surface area (Å²) >= 11 is 1.44. The lowest BCUT2D eigenvalue weighted by Crippen LogP contribution is -2.37. The lowest BCUT2D eigenvalue weighted by atomic mass is 10.1. The van der Waals surface area contributed by atoms with E-state index in [1.165, 1.54) is 11.3 Å². The highest BCUT2D eigenvalue weighted by atomic mass is 32.1. The standard InChI is InChI=1S/C16H15NO2S/c18-15-9-8-13(16(19)14-7-4-10-20-14)17(15)11-12-5-2-1-3-6-12/h1-7,10,13H,8-9,11H2. The van der Waals surface area contributed by atoms with Gasteiger partial charge in [0.15, 0.2) is 5.78 Å². The molecular formula is C16H15NO2S. The number of likely N-dealkylation sites (tertiary alicyclic amines) is 1. The molecule has 2 aromatic rings. The maximum absolute atomic E-state index is 12.5. The SMILES string of the molecule is O=C(c1cccs1)C1CCC(=O)N1Cc1ccccc1. The lowest BCUT2D eigenvalue weighted by molar-refractivity contribution is -0.129. The van der Waals surface area contributed by atoms with E-state index in [0.717, 1.165) is 10.4 Å². The van der Waals surface area contributed by atoms with Gasteiger partial charge in [-0.1, -0.05) is 36.4 Å². The molecule has 1 aromatic carbocycles. The Bertz CT molecular complexity index is 607. The van der Waals surface area contributed by atoms with Crippen LogP contribution in [0.4, 0.5) is 0 Å². The Hall–Kier alpha value is -1.94. The van der Waals surface area contributed by atoms with Gasteiger partial charge >= 0.3 is 0 Å². The molecule has 1 fully saturated rings. The monoisotopic (exact) mass is 285 g/mol. The Morgan fingerprint density at radius 2 is 2.00 bits per heavy atom. The maximum Gasteiger partial charge on any atom is 0.223 e. The van der Waals surface area contributed by atoms with Crippen molar-refractivity contribution in [2.45, 2.75) is 25.4 Å². The summed E-state index contributed by atoms with van der Waals surface area (Å²) in [4.78, 5) is 27.0. The summed E-state index contributed by atoms with van der Waals surface area (Å²) in [5.74, 6) is 0.144. The number of carbonyl (C=O) groups excluding carboxylic acids is 2. The third-order valence-corrected chi connectivity index (χ3v) is 4.48. The first-order valence-electron chi connectivity index (χ1n) is 6.67. The summed E-state index contributed by atoms with van der Waals surface area (Å²) in [6, 6.07) is 13.2. The van der Waals surface area contributed by atoms with E-state index in [4.69, 9.17) is 0 Å². The number of thiophene rings is 1. The van der Waals surface area contributed by atoms with Crippen molar-refractivity contribution in [3.8, 4) is 0 Å². The van der Waals surface area contributed by atoms with Crippen LogP contribution in [0.2, 0.25) is 0 Å². The molecule has 20 heavy (non-hydrogen) atoms. The van der Waals surface area contributed by atoms with Gasteiger partial charge in [0.1, 0.15) is 0 Å². The van der Waals surface area contributed by atoms with Gasteiger partial charge in [0, 0.05) is 13.0 Å². The molecule has 1 aliphatic rings. The van der Waals surface area contributed by atoms with Crippen molar-refractivity contribution in [3.05, 3.63) is 58.3 Å². The number of hydrogen-bond donors (Lipinski definition) is 0. The second-order valence-corrected chi connectivity index (χ2v) is 5.85. The van der Waals surface area contributed by atoms with E-state index in [0.29, 0.717) is 19.4 Å². The molecule has 0 bridgehead atoms. The number of ketones is 1. The zero-order chi connectivity index (χ0) is 13.9. The van der Waals surface area contributed by atoms with Crippen LogP contribution in [-0.4, -0.2) is 22.6 Å². The molecule has 1 unspecified atom stereocenters. The highest BCUT2D eigenvalue weighted by Crippen LogP contribution is 2.26. The van der Waals surface area contributed by atoms with Crippen LogP contribution in [0.15, 0.2) is 47.8 Å². The largest absolute Gasteiger partial charge is 0.328 e. The Balaban J connectivity index is 1.80. The van der Waals surface area contributed by atoms with E-state index < -0.39 is 0 Å². The molecule has 1 saturated heterocycles. The fourth-order valence-electron chi connectivity index (χ4n) is 2.57. The number of benzene rings is 1. The number of Topliss-reactive ketones (excluding diaryl/α,β-unsaturated/α-hetero) is 1. The predicted molar refractivity (Wildman–Crippen MR) is 78.7 cm³/mol. The van der Waals surface area contributed by atoms with Crippen LogP contribution < -0.4 is 0 Å². The van der Waals surface area contributed by atoms with E-state index in [1.54, 1.807) is 4.90 Å². The first-order chi connectivity index (χ1) is 9.75. The van der Waals surface area contributed by atoms with Crippen LogP contribution in [0, 0.1) is 0 Å². The number of amides is 1. The number of carbonyl (C=O) groups is 2. The summed E-state index contributed by atoms with van der Waals surface area (Å²) in [7, 11) is 0. The molecule has 0 radical (unpaired) electrons. The quantitative estimate of drug-likeness (QED) is 0.809. The smallest absolute Gasteiger partial charge is 0.223 e. The maximum atomic E-state index is 12.5. The normalized spacial score (nSPS) is 18.5. The molecule has 1 atom stereocenters. The van der Waals surface area contributed by atoms with Crippen LogP contribution >= 0.6 is 11.3 Å². The van der Waals surface area contributed by atoms with Crippen molar-refractivity contribution in [2.24, 2.45) is 0 Å². The molecule has 3 rings (SSSR count). The molecule has 1 aromatic heterocycles. The minimum Gasteiger partial charge on any atom is -0.328 e. The Morgan fingerprint density at radius 1 is 1.20 bits per heavy atom. The fourth-order valence-corrected chi connectivity index (χ4v) is 3.28. The molecule has 0 spiro atoms. The number of hydrogen-bond acceptors (Lipinski definition) is 3. The van der Waals surface area contributed by atoms with Crippen LogP contribution in [0.3, 0.4) is 0 Å². The van der Waals surface area contributed by atoms with Gasteiger partial charge in [0.2, 0.25) is 5.91 Å². The van der Waals surface area contributed by atoms with Crippen LogP contribution in [0.1, 0.15) is 28.1 Å². The third kappa shape index (κ3) is 2.51. The predicted octanol–water partition coefficient (Wildman–Crippen LogP) is 3.12. The zero-order valence-electron chi connectivity index (χ0n) is 11.0. The van der Waals surface area contributed by atoms with Gasteiger partial charge in [-0.3, -0.25) is 9.59 Å². The fraction of sp³-hybridized carbons (Fsp3) is 0.250. The molecular weight excluding hydrogens is 270 g/mol. The highest BCUT2D eigenvalue weighted by Gasteiger charge is 2.36. The van der Waals surface area contributed by atoms with E-state index in [2.05, 4.69) is 0 Å². The van der Waals surface area contributed by atoms with Crippen molar-refractivity contribution >= 4 is 23.0 Å². The Kier molecular flexibility index (Phi) is 3.65. The van der Waals surface area contributed by atoms with Crippen molar-refractivity contribution < 1.29 is 9.59 Å². The summed E-state index contributed by atoms with van der Waals surface area (Å²) in [6.07, 6.45) is 1.09. The number of rotatable bonds is 4. The minimum absolute atomic E-state index is 0.0711. The first-order valence-corrected chi connectivity index (χ1v) is 7.55. The second kappa shape index (κ2) is 5.59. The number of nitrogens with zero attached hydrogens (tertiary/aromatic N) is 1. The minimum atomic E-state index is -0.304. The molecule has 102 valence electrons. The highest BCUT2D eigenvalue weighted by molar-refractivity contribution is 7.12. The molecule has 1 aliphatic heterocycles. The lowest BCUT2D eigenvalue weighted by Gasteiger charge is -2.23. The van der Waals surface area contributed by atoms with Gasteiger partial charge < -0.3 is 4.90 Å². The Morgan fingerprint density at radius 3 is 2.70 bits per heavy atom. The van der Waals surface area contributed by atoms with Gasteiger partial charge in [-0.15, -0.1) is 11.3 Å². The van der Waals surface area contributed by atoms with E-state index in [-0.39, 0.29) is 17.7 Å². The van der Waals surface area contributed by atoms with E-state index in [1.807, 2.05) is 47.8 Å². The van der Waals surface area contributed by atoms with Crippen LogP contribution in [-0.2, 0) is 11.3 Å². The van der Waals surface area contributed by atoms with Crippen LogP contribution in [0.5, 0.6) is 0 Å². The third-order valence-electron chi connectivity index (χ3n) is 3.59. The molecule has 0 saturated carbocycles. The summed E-state index contributed by atoms with van der Waals surface area (Å²) in [5.41, 5.74) is 1.06. The van der Waals surface area contributed by atoms with Crippen molar-refractivity contribution in [3.63, 3.8) is 0 Å². The van der Waals surface area contributed by atoms with Gasteiger partial charge in [0.05, 0.1) is 10.9 Å². The van der Waals surface area contributed by atoms with E-state index in [9.17, 15) is 9.59 Å². The van der Waals surface area contributed by atoms with Gasteiger partial charge in [-0.2, -0.15) is 0 Å². The average Bonchev–Trinajstić information content (AvgIpc) is 3.11. The van der Waals surface area contributed by atoms with Gasteiger partial charge in [-0.05, 0) is 23.4 Å². The zero-order valence-corrected chi connectivity index (χ0v) is 11.8. The summed E-state index contributed by atoms with van der Waals surface area (Å²) < 4.78 is 0. The molecule has 4 heteroatoms. The summed E-state index contributed by atoms with van der Waals surface area (Å²) in [5, 5.41) is 1.89. The first kappa shape index (κ1) is 13.1. The van der Waals surface area contributed by atoms with Gasteiger partial charge in [0.25, 0.3) is 0 Å². The molecule has 2 heterocycles. The average molecular weight is 285 g/mol. The second-order valence-electron chi connectivity index (χ2n) is 4.90. The van der Waals surface area contributed by atoms with Crippen molar-refractivity contribution in [1.29, 1.82) is 0 Å². The molecule has 3 nitrogen and oxygen atoms in total. The molecule has 1 amide bonds.